The lowest BCUT2D eigenvalue weighted by Gasteiger charge is -2.06. The molecule has 8 heteroatoms. The molecule has 0 fully saturated rings. The fraction of sp³-hybridized carbons (Fsp3) is 0.188. The van der Waals surface area contributed by atoms with Crippen LogP contribution in [0.2, 0.25) is 5.02 Å². The number of benzene rings is 1. The molecule has 0 saturated carbocycles. The number of amides is 1. The van der Waals surface area contributed by atoms with Crippen LogP contribution in [0.5, 0.6) is 5.75 Å². The van der Waals surface area contributed by atoms with Crippen molar-refractivity contribution in [3.63, 3.8) is 0 Å². The molecule has 7 nitrogen and oxygen atoms in total. The van der Waals surface area contributed by atoms with Crippen LogP contribution in [0.15, 0.2) is 42.7 Å². The van der Waals surface area contributed by atoms with Gasteiger partial charge in [0.05, 0.1) is 23.8 Å². The Kier molecular flexibility index (Phi) is 4.52. The van der Waals surface area contributed by atoms with Crippen molar-refractivity contribution in [3.05, 3.63) is 59.1 Å². The van der Waals surface area contributed by atoms with E-state index in [4.69, 9.17) is 16.3 Å². The summed E-state index contributed by atoms with van der Waals surface area (Å²) >= 11 is 5.90. The van der Waals surface area contributed by atoms with Crippen LogP contribution in [0.3, 0.4) is 0 Å². The van der Waals surface area contributed by atoms with Crippen molar-refractivity contribution in [1.82, 2.24) is 19.6 Å². The van der Waals surface area contributed by atoms with Gasteiger partial charge in [-0.25, -0.2) is 4.68 Å². The molecule has 0 unspecified atom stereocenters. The molecule has 0 atom stereocenters. The third-order valence-electron chi connectivity index (χ3n) is 3.29. The number of ether oxygens (including phenoxy) is 1. The van der Waals surface area contributed by atoms with Crippen LogP contribution >= 0.6 is 11.6 Å². The van der Waals surface area contributed by atoms with Crippen molar-refractivity contribution >= 4 is 23.2 Å². The van der Waals surface area contributed by atoms with E-state index in [2.05, 4.69) is 15.5 Å². The van der Waals surface area contributed by atoms with Gasteiger partial charge in [-0.15, -0.1) is 0 Å². The second kappa shape index (κ2) is 6.76. The number of hydrogen-bond acceptors (Lipinski definition) is 4. The highest BCUT2D eigenvalue weighted by Crippen LogP contribution is 2.17. The molecular weight excluding hydrogens is 330 g/mol. The first-order chi connectivity index (χ1) is 11.5. The zero-order valence-electron chi connectivity index (χ0n) is 13.2. The fourth-order valence-electron chi connectivity index (χ4n) is 2.21. The van der Waals surface area contributed by atoms with Crippen LogP contribution in [-0.2, 0) is 13.8 Å². The Morgan fingerprint density at radius 1 is 1.38 bits per heavy atom. The summed E-state index contributed by atoms with van der Waals surface area (Å²) < 4.78 is 8.70. The Morgan fingerprint density at radius 2 is 2.21 bits per heavy atom. The van der Waals surface area contributed by atoms with Gasteiger partial charge in [0.1, 0.15) is 11.4 Å². The van der Waals surface area contributed by atoms with Crippen LogP contribution < -0.4 is 10.1 Å². The molecule has 1 amide bonds. The number of hydrogen-bond donors (Lipinski definition) is 1. The highest BCUT2D eigenvalue weighted by atomic mass is 35.5. The molecule has 1 aromatic carbocycles. The van der Waals surface area contributed by atoms with Crippen LogP contribution in [0.1, 0.15) is 16.2 Å². The minimum absolute atomic E-state index is 0.209. The van der Waals surface area contributed by atoms with Gasteiger partial charge in [0, 0.05) is 12.1 Å². The zero-order chi connectivity index (χ0) is 17.1. The Hall–Kier alpha value is -2.80. The summed E-state index contributed by atoms with van der Waals surface area (Å²) in [5.41, 5.74) is 1.84. The lowest BCUT2D eigenvalue weighted by molar-refractivity contribution is 0.101. The number of aryl methyl sites for hydroxylation is 2. The Morgan fingerprint density at radius 3 is 2.92 bits per heavy atom. The monoisotopic (exact) mass is 345 g/mol. The van der Waals surface area contributed by atoms with E-state index in [9.17, 15) is 4.79 Å². The number of nitrogens with zero attached hydrogens (tertiary/aromatic N) is 4. The molecule has 0 aliphatic carbocycles. The minimum atomic E-state index is -0.242. The predicted octanol–water partition coefficient (Wildman–Crippen LogP) is 2.87. The maximum absolute atomic E-state index is 12.2. The van der Waals surface area contributed by atoms with Crippen molar-refractivity contribution < 1.29 is 9.53 Å². The summed E-state index contributed by atoms with van der Waals surface area (Å²) in [5, 5.41) is 11.7. The molecule has 0 spiro atoms. The van der Waals surface area contributed by atoms with E-state index in [0.29, 0.717) is 22.2 Å². The van der Waals surface area contributed by atoms with Gasteiger partial charge in [-0.3, -0.25) is 9.48 Å². The summed E-state index contributed by atoms with van der Waals surface area (Å²) in [6.45, 7) is 2.04. The van der Waals surface area contributed by atoms with Crippen molar-refractivity contribution in [3.8, 4) is 5.75 Å². The number of aromatic nitrogens is 4. The lowest BCUT2D eigenvalue weighted by Crippen LogP contribution is -2.15. The van der Waals surface area contributed by atoms with Crippen molar-refractivity contribution in [1.29, 1.82) is 0 Å². The van der Waals surface area contributed by atoms with Gasteiger partial charge in [0.2, 0.25) is 0 Å². The van der Waals surface area contributed by atoms with E-state index >= 15 is 0 Å². The zero-order valence-corrected chi connectivity index (χ0v) is 14.0. The third-order valence-corrected chi connectivity index (χ3v) is 3.52. The van der Waals surface area contributed by atoms with Gasteiger partial charge in [-0.05, 0) is 31.2 Å². The molecule has 3 aromatic rings. The molecule has 2 aromatic heterocycles. The first-order valence-electron chi connectivity index (χ1n) is 7.24. The van der Waals surface area contributed by atoms with Crippen molar-refractivity contribution in [2.24, 2.45) is 7.05 Å². The van der Waals surface area contributed by atoms with Crippen LogP contribution in [0.25, 0.3) is 0 Å². The van der Waals surface area contributed by atoms with E-state index in [1.54, 1.807) is 42.3 Å². The highest BCUT2D eigenvalue weighted by Gasteiger charge is 2.12. The number of carbonyl (C=O) groups excluding carboxylic acids is 1. The second-order valence-electron chi connectivity index (χ2n) is 5.25. The van der Waals surface area contributed by atoms with Gasteiger partial charge in [-0.1, -0.05) is 17.7 Å². The number of nitrogens with one attached hydrogen (secondary N) is 1. The number of anilines is 1. The maximum atomic E-state index is 12.2. The topological polar surface area (TPSA) is 74.0 Å². The average molecular weight is 346 g/mol. The van der Waals surface area contributed by atoms with Crippen LogP contribution in [-0.4, -0.2) is 25.5 Å². The summed E-state index contributed by atoms with van der Waals surface area (Å²) in [7, 11) is 1.73. The molecule has 2 heterocycles. The third kappa shape index (κ3) is 3.75. The summed E-state index contributed by atoms with van der Waals surface area (Å²) in [4.78, 5) is 12.2. The van der Waals surface area contributed by atoms with E-state index < -0.39 is 0 Å². The average Bonchev–Trinajstić information content (AvgIpc) is 3.11. The first kappa shape index (κ1) is 16.1. The molecule has 3 rings (SSSR count). The Bertz CT molecular complexity index is 871. The number of carbonyl (C=O) groups is 1. The lowest BCUT2D eigenvalue weighted by atomic mass is 10.3. The van der Waals surface area contributed by atoms with Crippen molar-refractivity contribution in [2.45, 2.75) is 13.7 Å². The molecule has 0 bridgehead atoms. The van der Waals surface area contributed by atoms with E-state index in [1.165, 1.54) is 4.68 Å². The van der Waals surface area contributed by atoms with Crippen LogP contribution in [0.4, 0.5) is 5.69 Å². The normalized spacial score (nSPS) is 10.6. The van der Waals surface area contributed by atoms with Gasteiger partial charge in [0.25, 0.3) is 5.91 Å². The van der Waals surface area contributed by atoms with Crippen molar-refractivity contribution in [2.75, 3.05) is 5.32 Å². The molecule has 0 aliphatic rings. The molecule has 124 valence electrons. The Balaban J connectivity index is 1.61. The minimum Gasteiger partial charge on any atom is -0.471 e. The molecular formula is C16H16ClN5O2. The van der Waals surface area contributed by atoms with Crippen LogP contribution in [0, 0.1) is 6.92 Å². The smallest absolute Gasteiger partial charge is 0.274 e. The van der Waals surface area contributed by atoms with Gasteiger partial charge >= 0.3 is 0 Å². The van der Waals surface area contributed by atoms with Gasteiger partial charge in [-0.2, -0.15) is 10.2 Å². The summed E-state index contributed by atoms with van der Waals surface area (Å²) in [5.74, 6) is 0.405. The van der Waals surface area contributed by atoms with E-state index in [0.717, 1.165) is 5.69 Å². The fourth-order valence-corrected chi connectivity index (χ4v) is 2.39. The molecule has 1 N–H and O–H groups in total. The SMILES string of the molecule is Cc1cc(C(=O)Nc2cnn(COc3cccc(Cl)c3)c2)n(C)n1. The standard InChI is InChI=1S/C16H16ClN5O2/c1-11-6-15(21(2)20-11)16(23)19-13-8-18-22(9-13)10-24-14-5-3-4-12(17)7-14/h3-9H,10H2,1-2H3,(H,19,23). The largest absolute Gasteiger partial charge is 0.471 e. The summed E-state index contributed by atoms with van der Waals surface area (Å²) in [6, 6.07) is 8.84. The van der Waals surface area contributed by atoms with E-state index in [-0.39, 0.29) is 12.6 Å². The molecule has 24 heavy (non-hydrogen) atoms. The quantitative estimate of drug-likeness (QED) is 0.771. The molecule has 0 aliphatic heterocycles. The molecule has 0 radical (unpaired) electrons. The second-order valence-corrected chi connectivity index (χ2v) is 5.68. The number of halogens is 1. The maximum Gasteiger partial charge on any atom is 0.274 e. The number of rotatable bonds is 5. The highest BCUT2D eigenvalue weighted by molar-refractivity contribution is 6.30. The predicted molar refractivity (Wildman–Crippen MR) is 90.2 cm³/mol. The summed E-state index contributed by atoms with van der Waals surface area (Å²) in [6.07, 6.45) is 3.24. The van der Waals surface area contributed by atoms with E-state index in [1.807, 2.05) is 19.1 Å². The van der Waals surface area contributed by atoms with Gasteiger partial charge < -0.3 is 10.1 Å². The first-order valence-corrected chi connectivity index (χ1v) is 7.62. The Labute approximate surface area is 143 Å². The molecule has 0 saturated heterocycles. The van der Waals surface area contributed by atoms with Gasteiger partial charge in [0.15, 0.2) is 6.73 Å².